The van der Waals surface area contributed by atoms with E-state index in [9.17, 15) is 18.0 Å². The quantitative estimate of drug-likeness (QED) is 0.602. The first kappa shape index (κ1) is 24.2. The highest BCUT2D eigenvalue weighted by molar-refractivity contribution is 7.92. The molecule has 0 unspecified atom stereocenters. The first-order valence-electron chi connectivity index (χ1n) is 11.7. The summed E-state index contributed by atoms with van der Waals surface area (Å²) in [5, 5.41) is 0. The second kappa shape index (κ2) is 10.1. The normalized spacial score (nSPS) is 15.8. The highest BCUT2D eigenvalue weighted by Crippen LogP contribution is 2.33. The van der Waals surface area contributed by atoms with Gasteiger partial charge in [-0.1, -0.05) is 12.1 Å². The molecule has 2 amide bonds. The summed E-state index contributed by atoms with van der Waals surface area (Å²) in [6, 6.07) is 12.4. The maximum atomic E-state index is 13.4. The zero-order chi connectivity index (χ0) is 24.3. The van der Waals surface area contributed by atoms with Crippen LogP contribution in [0.2, 0.25) is 0 Å². The molecule has 2 aromatic carbocycles. The number of carbonyl (C=O) groups excluding carboxylic acids is 2. The molecule has 2 aliphatic rings. The molecule has 0 saturated carbocycles. The third-order valence-electron chi connectivity index (χ3n) is 6.33. The zero-order valence-electron chi connectivity index (χ0n) is 19.7. The number of hydrogen-bond acceptors (Lipinski definition) is 5. The summed E-state index contributed by atoms with van der Waals surface area (Å²) in [6.45, 7) is 6.73. The molecule has 8 nitrogen and oxygen atoms in total. The van der Waals surface area contributed by atoms with E-state index in [1.807, 2.05) is 32.0 Å². The van der Waals surface area contributed by atoms with E-state index < -0.39 is 10.0 Å². The first-order valence-corrected chi connectivity index (χ1v) is 13.1. The predicted octanol–water partition coefficient (Wildman–Crippen LogP) is 2.74. The summed E-state index contributed by atoms with van der Waals surface area (Å²) in [6.07, 6.45) is 0.879. The molecule has 0 N–H and O–H groups in total. The number of nitrogens with zero attached hydrogens (tertiary/aromatic N) is 3. The van der Waals surface area contributed by atoms with Crippen LogP contribution in [0.25, 0.3) is 0 Å². The lowest BCUT2D eigenvalue weighted by atomic mass is 10.2. The molecule has 182 valence electrons. The van der Waals surface area contributed by atoms with E-state index >= 15 is 0 Å². The number of fused-ring (bicyclic) bond motifs is 1. The van der Waals surface area contributed by atoms with Gasteiger partial charge in [0.2, 0.25) is 11.8 Å². The van der Waals surface area contributed by atoms with Crippen LogP contribution >= 0.6 is 0 Å². The van der Waals surface area contributed by atoms with Crippen molar-refractivity contribution in [2.45, 2.75) is 38.0 Å². The number of anilines is 2. The van der Waals surface area contributed by atoms with Gasteiger partial charge >= 0.3 is 0 Å². The van der Waals surface area contributed by atoms with Crippen molar-refractivity contribution in [2.75, 3.05) is 48.6 Å². The van der Waals surface area contributed by atoms with Crippen molar-refractivity contribution in [2.24, 2.45) is 0 Å². The molecule has 9 heteroatoms. The standard InChI is InChI=1S/C25H31N3O5S/c1-3-28(21-6-4-5-19(2)17-21)34(31,32)22-7-8-23-20(18-22)11-12-27(23)25(30)10-9-24(29)26-13-15-33-16-14-26/h4-8,17-18H,3,9-16H2,1-2H3. The molecule has 0 radical (unpaired) electrons. The van der Waals surface area contributed by atoms with Crippen LogP contribution in [-0.2, 0) is 30.8 Å². The molecule has 2 aromatic rings. The minimum Gasteiger partial charge on any atom is -0.378 e. The van der Waals surface area contributed by atoms with Crippen molar-refractivity contribution >= 4 is 33.2 Å². The van der Waals surface area contributed by atoms with Gasteiger partial charge in [-0.15, -0.1) is 0 Å². The average molecular weight is 486 g/mol. The van der Waals surface area contributed by atoms with Crippen molar-refractivity contribution in [1.29, 1.82) is 0 Å². The molecule has 34 heavy (non-hydrogen) atoms. The molecular formula is C25H31N3O5S. The van der Waals surface area contributed by atoms with Gasteiger partial charge in [-0.3, -0.25) is 13.9 Å². The minimum atomic E-state index is -3.74. The van der Waals surface area contributed by atoms with E-state index in [4.69, 9.17) is 4.74 Å². The molecule has 0 bridgehead atoms. The fourth-order valence-electron chi connectivity index (χ4n) is 4.52. The molecule has 2 heterocycles. The number of amides is 2. The van der Waals surface area contributed by atoms with E-state index in [2.05, 4.69) is 0 Å². The van der Waals surface area contributed by atoms with E-state index in [1.54, 1.807) is 34.1 Å². The number of sulfonamides is 1. The molecule has 0 aromatic heterocycles. The Labute approximate surface area is 201 Å². The Kier molecular flexibility index (Phi) is 7.23. The largest absolute Gasteiger partial charge is 0.378 e. The summed E-state index contributed by atoms with van der Waals surface area (Å²) in [5.74, 6) is -0.153. The Morgan fingerprint density at radius 2 is 1.74 bits per heavy atom. The second-order valence-electron chi connectivity index (χ2n) is 8.59. The Morgan fingerprint density at radius 3 is 2.44 bits per heavy atom. The van der Waals surface area contributed by atoms with Gasteiger partial charge in [0, 0.05) is 44.7 Å². The van der Waals surface area contributed by atoms with Crippen LogP contribution in [0.15, 0.2) is 47.4 Å². The summed E-state index contributed by atoms with van der Waals surface area (Å²) >= 11 is 0. The maximum absolute atomic E-state index is 13.4. The van der Waals surface area contributed by atoms with Gasteiger partial charge in [0.25, 0.3) is 10.0 Å². The van der Waals surface area contributed by atoms with Crippen LogP contribution in [0.4, 0.5) is 11.4 Å². The number of benzene rings is 2. The SMILES string of the molecule is CCN(c1cccc(C)c1)S(=O)(=O)c1ccc2c(c1)CCN2C(=O)CCC(=O)N1CCOCC1. The first-order chi connectivity index (χ1) is 16.3. The molecule has 1 saturated heterocycles. The van der Waals surface area contributed by atoms with Crippen molar-refractivity contribution in [1.82, 2.24) is 4.90 Å². The molecule has 1 fully saturated rings. The Bertz CT molecular complexity index is 1170. The molecule has 4 rings (SSSR count). The van der Waals surface area contributed by atoms with E-state index in [1.165, 1.54) is 4.31 Å². The Balaban J connectivity index is 1.47. The Morgan fingerprint density at radius 1 is 1.00 bits per heavy atom. The number of carbonyl (C=O) groups is 2. The van der Waals surface area contributed by atoms with Crippen LogP contribution < -0.4 is 9.21 Å². The number of aryl methyl sites for hydroxylation is 1. The summed E-state index contributed by atoms with van der Waals surface area (Å²) < 4.78 is 33.5. The van der Waals surface area contributed by atoms with Gasteiger partial charge in [-0.2, -0.15) is 0 Å². The number of hydrogen-bond donors (Lipinski definition) is 0. The monoisotopic (exact) mass is 485 g/mol. The molecule has 2 aliphatic heterocycles. The van der Waals surface area contributed by atoms with Crippen molar-refractivity contribution in [3.63, 3.8) is 0 Å². The van der Waals surface area contributed by atoms with E-state index in [-0.39, 0.29) is 29.6 Å². The van der Waals surface area contributed by atoms with Gasteiger partial charge in [-0.25, -0.2) is 8.42 Å². The summed E-state index contributed by atoms with van der Waals surface area (Å²) in [5.41, 5.74) is 3.17. The number of rotatable bonds is 7. The summed E-state index contributed by atoms with van der Waals surface area (Å²) in [7, 11) is -3.74. The van der Waals surface area contributed by atoms with Gasteiger partial charge in [-0.05, 0) is 61.7 Å². The lowest BCUT2D eigenvalue weighted by Crippen LogP contribution is -2.41. The van der Waals surface area contributed by atoms with Gasteiger partial charge in [0.05, 0.1) is 23.8 Å². The van der Waals surface area contributed by atoms with Crippen molar-refractivity contribution < 1.29 is 22.7 Å². The molecule has 0 aliphatic carbocycles. The minimum absolute atomic E-state index is 0.0340. The number of ether oxygens (including phenoxy) is 1. The van der Waals surface area contributed by atoms with Gasteiger partial charge in [0.15, 0.2) is 0 Å². The second-order valence-corrected chi connectivity index (χ2v) is 10.5. The van der Waals surface area contributed by atoms with Crippen LogP contribution in [-0.4, -0.2) is 64.5 Å². The lowest BCUT2D eigenvalue weighted by Gasteiger charge is -2.27. The topological polar surface area (TPSA) is 87.2 Å². The predicted molar refractivity (Wildman–Crippen MR) is 131 cm³/mol. The molecular weight excluding hydrogens is 454 g/mol. The van der Waals surface area contributed by atoms with Crippen molar-refractivity contribution in [3.05, 3.63) is 53.6 Å². The fraction of sp³-hybridized carbons (Fsp3) is 0.440. The highest BCUT2D eigenvalue weighted by atomic mass is 32.2. The Hall–Kier alpha value is -2.91. The van der Waals surface area contributed by atoms with Crippen LogP contribution in [0, 0.1) is 6.92 Å². The highest BCUT2D eigenvalue weighted by Gasteiger charge is 2.29. The smallest absolute Gasteiger partial charge is 0.264 e. The van der Waals surface area contributed by atoms with Gasteiger partial charge in [0.1, 0.15) is 0 Å². The van der Waals surface area contributed by atoms with Crippen LogP contribution in [0.5, 0.6) is 0 Å². The average Bonchev–Trinajstić information content (AvgIpc) is 3.27. The third-order valence-corrected chi connectivity index (χ3v) is 8.23. The molecule has 0 atom stereocenters. The maximum Gasteiger partial charge on any atom is 0.264 e. The summed E-state index contributed by atoms with van der Waals surface area (Å²) in [4.78, 5) is 28.8. The van der Waals surface area contributed by atoms with E-state index in [0.717, 1.165) is 16.8 Å². The van der Waals surface area contributed by atoms with Crippen LogP contribution in [0.1, 0.15) is 30.9 Å². The van der Waals surface area contributed by atoms with Gasteiger partial charge < -0.3 is 14.5 Å². The van der Waals surface area contributed by atoms with Crippen molar-refractivity contribution in [3.8, 4) is 0 Å². The van der Waals surface area contributed by atoms with E-state index in [0.29, 0.717) is 51.5 Å². The number of morpholine rings is 1. The fourth-order valence-corrected chi connectivity index (χ4v) is 6.04. The third kappa shape index (κ3) is 4.95. The molecule has 0 spiro atoms. The lowest BCUT2D eigenvalue weighted by molar-refractivity contribution is -0.136. The zero-order valence-corrected chi connectivity index (χ0v) is 20.5. The van der Waals surface area contributed by atoms with Crippen LogP contribution in [0.3, 0.4) is 0 Å².